The number of carboxylic acids is 1. The van der Waals surface area contributed by atoms with Crippen molar-refractivity contribution in [2.45, 2.75) is 64.4 Å². The Morgan fingerprint density at radius 2 is 1.54 bits per heavy atom. The molecule has 9 heteroatoms. The van der Waals surface area contributed by atoms with Crippen molar-refractivity contribution in [1.82, 2.24) is 5.32 Å². The molecule has 0 bridgehead atoms. The molecule has 3 aromatic rings. The molecule has 41 heavy (non-hydrogen) atoms. The number of benzene rings is 3. The Balaban J connectivity index is 0.000000275. The number of carboxylic acid groups (broad SMARTS) is 1. The Morgan fingerprint density at radius 3 is 2.07 bits per heavy atom. The van der Waals surface area contributed by atoms with E-state index >= 15 is 0 Å². The standard InChI is InChI=1S/C21H24Cl2O4.C11H13NO2/c1-21(2,26)11-12-27-19(15-5-9-17(23)10-6-15)18(20(24)25)13-14-3-7-16(22)8-4-14;1-11(2,14)8-4-3-7-6-12-10(13)9(7)5-8/h3-10,18-19,26H,11-13H2,1-2H3,(H,24,25);3-5,14H,6H2,1-2H3,(H,12,13). The molecule has 0 saturated heterocycles. The van der Waals surface area contributed by atoms with Crippen molar-refractivity contribution in [3.05, 3.63) is 105 Å². The zero-order valence-electron chi connectivity index (χ0n) is 23.7. The minimum atomic E-state index is -0.951. The van der Waals surface area contributed by atoms with E-state index in [1.165, 1.54) is 0 Å². The summed E-state index contributed by atoms with van der Waals surface area (Å²) < 4.78 is 5.95. The summed E-state index contributed by atoms with van der Waals surface area (Å²) in [5.74, 6) is -1.80. The highest BCUT2D eigenvalue weighted by Crippen LogP contribution is 2.31. The largest absolute Gasteiger partial charge is 0.481 e. The van der Waals surface area contributed by atoms with Crippen LogP contribution in [0.2, 0.25) is 10.0 Å². The van der Waals surface area contributed by atoms with Crippen molar-refractivity contribution in [2.75, 3.05) is 6.61 Å². The van der Waals surface area contributed by atoms with Gasteiger partial charge in [0.25, 0.3) is 5.91 Å². The first-order chi connectivity index (χ1) is 19.1. The number of carbonyl (C=O) groups is 2. The van der Waals surface area contributed by atoms with Crippen LogP contribution in [0.4, 0.5) is 0 Å². The van der Waals surface area contributed by atoms with Gasteiger partial charge < -0.3 is 25.4 Å². The molecule has 1 heterocycles. The van der Waals surface area contributed by atoms with E-state index in [1.807, 2.05) is 24.3 Å². The fourth-order valence-corrected chi connectivity index (χ4v) is 4.58. The van der Waals surface area contributed by atoms with Crippen LogP contribution in [0.3, 0.4) is 0 Å². The first kappa shape index (κ1) is 32.6. The number of rotatable bonds is 10. The zero-order valence-corrected chi connectivity index (χ0v) is 25.2. The summed E-state index contributed by atoms with van der Waals surface area (Å²) in [6.07, 6.45) is 0.0185. The predicted octanol–water partition coefficient (Wildman–Crippen LogP) is 6.31. The molecule has 4 N–H and O–H groups in total. The van der Waals surface area contributed by atoms with Gasteiger partial charge in [-0.2, -0.15) is 0 Å². The SMILES string of the molecule is CC(C)(O)CCOC(c1ccc(Cl)cc1)C(Cc1ccc(Cl)cc1)C(=O)O.CC(C)(O)c1ccc2c(c1)C(=O)NC2. The van der Waals surface area contributed by atoms with Gasteiger partial charge in [-0.25, -0.2) is 0 Å². The third-order valence-corrected chi connectivity index (χ3v) is 7.27. The topological polar surface area (TPSA) is 116 Å². The molecule has 3 aromatic carbocycles. The maximum absolute atomic E-state index is 12.0. The highest BCUT2D eigenvalue weighted by molar-refractivity contribution is 6.30. The predicted molar refractivity (Wildman–Crippen MR) is 160 cm³/mol. The quantitative estimate of drug-likeness (QED) is 0.216. The number of aliphatic hydroxyl groups is 2. The zero-order chi connectivity index (χ0) is 30.4. The minimum absolute atomic E-state index is 0.0499. The third-order valence-electron chi connectivity index (χ3n) is 6.76. The lowest BCUT2D eigenvalue weighted by Crippen LogP contribution is -2.28. The number of hydrogen-bond acceptors (Lipinski definition) is 5. The maximum Gasteiger partial charge on any atom is 0.309 e. The van der Waals surface area contributed by atoms with Crippen LogP contribution < -0.4 is 5.32 Å². The molecule has 7 nitrogen and oxygen atoms in total. The first-order valence-electron chi connectivity index (χ1n) is 13.3. The van der Waals surface area contributed by atoms with E-state index in [-0.39, 0.29) is 12.5 Å². The lowest BCUT2D eigenvalue weighted by Gasteiger charge is -2.27. The van der Waals surface area contributed by atoms with Crippen molar-refractivity contribution >= 4 is 35.1 Å². The average Bonchev–Trinajstić information content (AvgIpc) is 3.26. The first-order valence-corrected chi connectivity index (χ1v) is 14.1. The summed E-state index contributed by atoms with van der Waals surface area (Å²) in [7, 11) is 0. The number of amides is 1. The van der Waals surface area contributed by atoms with Gasteiger partial charge >= 0.3 is 5.97 Å². The monoisotopic (exact) mass is 601 g/mol. The summed E-state index contributed by atoms with van der Waals surface area (Å²) >= 11 is 11.9. The average molecular weight is 603 g/mol. The van der Waals surface area contributed by atoms with Gasteiger partial charge in [0.15, 0.2) is 0 Å². The molecule has 1 aliphatic rings. The van der Waals surface area contributed by atoms with E-state index in [0.29, 0.717) is 35.0 Å². The van der Waals surface area contributed by atoms with Crippen LogP contribution in [0, 0.1) is 5.92 Å². The van der Waals surface area contributed by atoms with Crippen LogP contribution in [0.15, 0.2) is 66.7 Å². The molecule has 220 valence electrons. The van der Waals surface area contributed by atoms with Gasteiger partial charge in [-0.3, -0.25) is 9.59 Å². The van der Waals surface area contributed by atoms with Gasteiger partial charge in [0.1, 0.15) is 0 Å². The van der Waals surface area contributed by atoms with E-state index in [4.69, 9.17) is 27.9 Å². The summed E-state index contributed by atoms with van der Waals surface area (Å²) in [6.45, 7) is 7.64. The van der Waals surface area contributed by atoms with Gasteiger partial charge in [-0.05, 0) is 93.1 Å². The lowest BCUT2D eigenvalue weighted by atomic mass is 9.89. The lowest BCUT2D eigenvalue weighted by molar-refractivity contribution is -0.148. The van der Waals surface area contributed by atoms with Crippen molar-refractivity contribution in [3.63, 3.8) is 0 Å². The van der Waals surface area contributed by atoms with Crippen LogP contribution in [0.1, 0.15) is 72.8 Å². The number of hydrogen-bond donors (Lipinski definition) is 4. The number of aliphatic carboxylic acids is 1. The van der Waals surface area contributed by atoms with Crippen molar-refractivity contribution in [1.29, 1.82) is 0 Å². The summed E-state index contributed by atoms with van der Waals surface area (Å²) in [6, 6.07) is 19.6. The summed E-state index contributed by atoms with van der Waals surface area (Å²) in [5.41, 5.74) is 2.27. The van der Waals surface area contributed by atoms with Crippen LogP contribution in [0.25, 0.3) is 0 Å². The van der Waals surface area contributed by atoms with Crippen molar-refractivity contribution < 1.29 is 29.6 Å². The Kier molecular flexibility index (Phi) is 11.0. The molecular weight excluding hydrogens is 565 g/mol. The minimum Gasteiger partial charge on any atom is -0.481 e. The van der Waals surface area contributed by atoms with Gasteiger partial charge in [0, 0.05) is 22.2 Å². The molecule has 1 aliphatic heterocycles. The molecule has 0 aromatic heterocycles. The number of fused-ring (bicyclic) bond motifs is 1. The number of ether oxygens (including phenoxy) is 1. The number of halogens is 2. The van der Waals surface area contributed by atoms with Crippen LogP contribution in [-0.2, 0) is 28.1 Å². The second kappa shape index (κ2) is 13.8. The van der Waals surface area contributed by atoms with E-state index in [2.05, 4.69) is 5.32 Å². The second-order valence-electron chi connectivity index (χ2n) is 11.3. The van der Waals surface area contributed by atoms with Crippen LogP contribution >= 0.6 is 23.2 Å². The Hall–Kier alpha value is -2.94. The molecule has 0 fully saturated rings. The van der Waals surface area contributed by atoms with Crippen molar-refractivity contribution in [3.8, 4) is 0 Å². The number of carbonyl (C=O) groups excluding carboxylic acids is 1. The molecule has 0 saturated carbocycles. The molecule has 2 atom stereocenters. The fourth-order valence-electron chi connectivity index (χ4n) is 4.32. The molecule has 1 amide bonds. The summed E-state index contributed by atoms with van der Waals surface area (Å²) in [5, 5.41) is 33.5. The van der Waals surface area contributed by atoms with E-state index in [0.717, 1.165) is 22.3 Å². The third kappa shape index (κ3) is 9.83. The highest BCUT2D eigenvalue weighted by Gasteiger charge is 2.31. The smallest absolute Gasteiger partial charge is 0.309 e. The summed E-state index contributed by atoms with van der Waals surface area (Å²) in [4.78, 5) is 23.4. The molecular formula is C32H37Cl2NO6. The highest BCUT2D eigenvalue weighted by atomic mass is 35.5. The van der Waals surface area contributed by atoms with Gasteiger partial charge in [0.2, 0.25) is 0 Å². The molecule has 4 rings (SSSR count). The number of nitrogens with one attached hydrogen (secondary N) is 1. The Bertz CT molecular complexity index is 1330. The molecule has 0 spiro atoms. The maximum atomic E-state index is 12.0. The van der Waals surface area contributed by atoms with Crippen molar-refractivity contribution in [2.24, 2.45) is 5.92 Å². The second-order valence-corrected chi connectivity index (χ2v) is 12.2. The van der Waals surface area contributed by atoms with Gasteiger partial charge in [-0.1, -0.05) is 59.6 Å². The van der Waals surface area contributed by atoms with Gasteiger partial charge in [-0.15, -0.1) is 0 Å². The molecule has 2 unspecified atom stereocenters. The van der Waals surface area contributed by atoms with Gasteiger partial charge in [0.05, 0.1) is 29.8 Å². The normalized spacial score (nSPS) is 14.4. The van der Waals surface area contributed by atoms with E-state index in [9.17, 15) is 24.9 Å². The van der Waals surface area contributed by atoms with Crippen LogP contribution in [0.5, 0.6) is 0 Å². The van der Waals surface area contributed by atoms with E-state index < -0.39 is 29.2 Å². The molecule has 0 aliphatic carbocycles. The fraction of sp³-hybridized carbons (Fsp3) is 0.375. The molecule has 0 radical (unpaired) electrons. The van der Waals surface area contributed by atoms with E-state index in [1.54, 1.807) is 70.2 Å². The Labute approximate surface area is 251 Å². The van der Waals surface area contributed by atoms with Crippen LogP contribution in [-0.4, -0.2) is 39.4 Å². The Morgan fingerprint density at radius 1 is 0.951 bits per heavy atom.